The molecule has 0 aromatic heterocycles. The molecule has 1 N–H and O–H groups in total. The molecule has 114 valence electrons. The first kappa shape index (κ1) is 17.5. The van der Waals surface area contributed by atoms with Crippen LogP contribution in [-0.2, 0) is 5.41 Å². The minimum absolute atomic E-state index is 0.127. The summed E-state index contributed by atoms with van der Waals surface area (Å²) in [5.41, 5.74) is 1.63. The van der Waals surface area contributed by atoms with Crippen molar-refractivity contribution >= 4 is 15.9 Å². The molecule has 0 heterocycles. The monoisotopic (exact) mass is 341 g/mol. The molecule has 0 aliphatic carbocycles. The molecule has 0 amide bonds. The van der Waals surface area contributed by atoms with Gasteiger partial charge < -0.3 is 10.1 Å². The summed E-state index contributed by atoms with van der Waals surface area (Å²) < 4.78 is 6.67. The van der Waals surface area contributed by atoms with Gasteiger partial charge in [-0.25, -0.2) is 0 Å². The maximum Gasteiger partial charge on any atom is 0.120 e. The largest absolute Gasteiger partial charge is 0.494 e. The fourth-order valence-electron chi connectivity index (χ4n) is 2.19. The highest BCUT2D eigenvalue weighted by Gasteiger charge is 2.23. The van der Waals surface area contributed by atoms with Gasteiger partial charge in [0.2, 0.25) is 0 Å². The van der Waals surface area contributed by atoms with E-state index in [1.807, 2.05) is 6.92 Å². The minimum atomic E-state index is 0.127. The van der Waals surface area contributed by atoms with Crippen molar-refractivity contribution in [3.63, 3.8) is 0 Å². The summed E-state index contributed by atoms with van der Waals surface area (Å²) in [6.45, 7) is 14.9. The summed E-state index contributed by atoms with van der Waals surface area (Å²) in [6, 6.07) is 6.30. The molecule has 0 saturated carbocycles. The Kier molecular flexibility index (Phi) is 6.08. The van der Waals surface area contributed by atoms with Crippen molar-refractivity contribution in [3.8, 4) is 5.75 Å². The second-order valence-corrected chi connectivity index (χ2v) is 7.74. The van der Waals surface area contributed by atoms with Crippen molar-refractivity contribution < 1.29 is 4.74 Å². The molecule has 0 fully saturated rings. The zero-order valence-corrected chi connectivity index (χ0v) is 15.2. The minimum Gasteiger partial charge on any atom is -0.494 e. The summed E-state index contributed by atoms with van der Waals surface area (Å²) in [5, 5.41) is 3.56. The lowest BCUT2D eigenvalue weighted by Gasteiger charge is -2.29. The van der Waals surface area contributed by atoms with Crippen LogP contribution in [0.4, 0.5) is 0 Å². The van der Waals surface area contributed by atoms with E-state index in [0.29, 0.717) is 6.61 Å². The van der Waals surface area contributed by atoms with Crippen molar-refractivity contribution in [1.29, 1.82) is 0 Å². The van der Waals surface area contributed by atoms with Crippen molar-refractivity contribution in [2.45, 2.75) is 58.9 Å². The highest BCUT2D eigenvalue weighted by atomic mass is 79.9. The Morgan fingerprint density at radius 1 is 1.15 bits per heavy atom. The van der Waals surface area contributed by atoms with Crippen molar-refractivity contribution in [3.05, 3.63) is 28.2 Å². The second kappa shape index (κ2) is 6.95. The lowest BCUT2D eigenvalue weighted by Crippen LogP contribution is -2.38. The van der Waals surface area contributed by atoms with E-state index >= 15 is 0 Å². The predicted molar refractivity (Wildman–Crippen MR) is 90.7 cm³/mol. The number of hydrogen-bond donors (Lipinski definition) is 1. The molecular weight excluding hydrogens is 314 g/mol. The molecule has 3 heteroatoms. The first-order valence-electron chi connectivity index (χ1n) is 7.33. The number of halogens is 1. The third kappa shape index (κ3) is 5.45. The van der Waals surface area contributed by atoms with Gasteiger partial charge in [0.05, 0.1) is 6.61 Å². The normalized spacial score (nSPS) is 12.6. The van der Waals surface area contributed by atoms with Crippen LogP contribution in [0.5, 0.6) is 5.75 Å². The van der Waals surface area contributed by atoms with E-state index in [9.17, 15) is 0 Å². The van der Waals surface area contributed by atoms with Crippen LogP contribution in [0.1, 0.15) is 53.5 Å². The lowest BCUT2D eigenvalue weighted by atomic mass is 9.81. The average molecular weight is 342 g/mol. The van der Waals surface area contributed by atoms with Crippen LogP contribution in [0.2, 0.25) is 0 Å². The zero-order valence-electron chi connectivity index (χ0n) is 13.6. The van der Waals surface area contributed by atoms with Gasteiger partial charge in [-0.3, -0.25) is 0 Å². The Morgan fingerprint density at radius 3 is 2.30 bits per heavy atom. The second-order valence-electron chi connectivity index (χ2n) is 6.89. The van der Waals surface area contributed by atoms with Gasteiger partial charge in [0.25, 0.3) is 0 Å². The maximum absolute atomic E-state index is 5.54. The molecule has 2 nitrogen and oxygen atoms in total. The Balaban J connectivity index is 2.76. The molecule has 0 unspecified atom stereocenters. The topological polar surface area (TPSA) is 21.3 Å². The van der Waals surface area contributed by atoms with Crippen LogP contribution in [0.3, 0.4) is 0 Å². The average Bonchev–Trinajstić information content (AvgIpc) is 2.26. The molecule has 1 rings (SSSR count). The smallest absolute Gasteiger partial charge is 0.120 e. The van der Waals surface area contributed by atoms with Gasteiger partial charge in [-0.2, -0.15) is 0 Å². The van der Waals surface area contributed by atoms with Gasteiger partial charge in [0.1, 0.15) is 5.75 Å². The van der Waals surface area contributed by atoms with Crippen molar-refractivity contribution in [1.82, 2.24) is 5.32 Å². The first-order chi connectivity index (χ1) is 9.15. The van der Waals surface area contributed by atoms with E-state index < -0.39 is 0 Å². The molecule has 0 bridgehead atoms. The standard InChI is InChI=1S/C17H28BrNO/c1-7-20-13-8-9-14(15(18)12-13)17(5,6)10-11-19-16(2,3)4/h8-9,12,19H,7,10-11H2,1-6H3. The summed E-state index contributed by atoms with van der Waals surface area (Å²) in [4.78, 5) is 0. The van der Waals surface area contributed by atoms with Crippen LogP contribution >= 0.6 is 15.9 Å². The third-order valence-corrected chi connectivity index (χ3v) is 4.04. The van der Waals surface area contributed by atoms with Crippen LogP contribution in [0.15, 0.2) is 22.7 Å². The lowest BCUT2D eigenvalue weighted by molar-refractivity contribution is 0.339. The van der Waals surface area contributed by atoms with Gasteiger partial charge in [-0.05, 0) is 63.8 Å². The molecule has 0 aliphatic rings. The number of benzene rings is 1. The summed E-state index contributed by atoms with van der Waals surface area (Å²) in [6.07, 6.45) is 1.09. The number of nitrogens with one attached hydrogen (secondary N) is 1. The summed E-state index contributed by atoms with van der Waals surface area (Å²) >= 11 is 3.68. The van der Waals surface area contributed by atoms with Gasteiger partial charge in [0, 0.05) is 10.0 Å². The van der Waals surface area contributed by atoms with E-state index in [-0.39, 0.29) is 11.0 Å². The molecular formula is C17H28BrNO. The molecule has 0 aliphatic heterocycles. The Hall–Kier alpha value is -0.540. The third-order valence-electron chi connectivity index (χ3n) is 3.39. The molecule has 0 saturated heterocycles. The van der Waals surface area contributed by atoms with Crippen LogP contribution in [0, 0.1) is 0 Å². The first-order valence-corrected chi connectivity index (χ1v) is 8.13. The summed E-state index contributed by atoms with van der Waals surface area (Å²) in [5.74, 6) is 0.923. The van der Waals surface area contributed by atoms with Gasteiger partial charge in [-0.15, -0.1) is 0 Å². The van der Waals surface area contributed by atoms with Crippen LogP contribution in [-0.4, -0.2) is 18.7 Å². The Bertz CT molecular complexity index is 435. The van der Waals surface area contributed by atoms with Gasteiger partial charge in [0.15, 0.2) is 0 Å². The number of ether oxygens (including phenoxy) is 1. The molecule has 1 aromatic rings. The maximum atomic E-state index is 5.54. The fraction of sp³-hybridized carbons (Fsp3) is 0.647. The molecule has 20 heavy (non-hydrogen) atoms. The van der Waals surface area contributed by atoms with E-state index in [1.54, 1.807) is 0 Å². The summed E-state index contributed by atoms with van der Waals surface area (Å²) in [7, 11) is 0. The molecule has 0 atom stereocenters. The van der Waals surface area contributed by atoms with E-state index in [2.05, 4.69) is 74.1 Å². The molecule has 0 radical (unpaired) electrons. The van der Waals surface area contributed by atoms with Crippen LogP contribution in [0.25, 0.3) is 0 Å². The molecule has 0 spiro atoms. The van der Waals surface area contributed by atoms with Gasteiger partial charge >= 0.3 is 0 Å². The predicted octanol–water partition coefficient (Wildman–Crippen LogP) is 4.90. The SMILES string of the molecule is CCOc1ccc(C(C)(C)CCNC(C)(C)C)c(Br)c1. The number of rotatable bonds is 6. The highest BCUT2D eigenvalue weighted by Crippen LogP contribution is 2.35. The quantitative estimate of drug-likeness (QED) is 0.794. The van der Waals surface area contributed by atoms with E-state index in [0.717, 1.165) is 23.2 Å². The van der Waals surface area contributed by atoms with Crippen molar-refractivity contribution in [2.24, 2.45) is 0 Å². The Morgan fingerprint density at radius 2 is 1.80 bits per heavy atom. The fourth-order valence-corrected chi connectivity index (χ4v) is 3.08. The molecule has 1 aromatic carbocycles. The zero-order chi connectivity index (χ0) is 15.4. The Labute approximate surface area is 132 Å². The van der Waals surface area contributed by atoms with E-state index in [4.69, 9.17) is 4.74 Å². The van der Waals surface area contributed by atoms with Crippen LogP contribution < -0.4 is 10.1 Å². The highest BCUT2D eigenvalue weighted by molar-refractivity contribution is 9.10. The number of hydrogen-bond acceptors (Lipinski definition) is 2. The van der Waals surface area contributed by atoms with E-state index in [1.165, 1.54) is 5.56 Å². The van der Waals surface area contributed by atoms with Gasteiger partial charge in [-0.1, -0.05) is 35.8 Å². The van der Waals surface area contributed by atoms with Crippen molar-refractivity contribution in [2.75, 3.05) is 13.2 Å².